The number of carbonyl (C=O) groups excluding carboxylic acids is 1. The summed E-state index contributed by atoms with van der Waals surface area (Å²) >= 11 is 0. The molecule has 1 N–H and O–H groups in total. The van der Waals surface area contributed by atoms with Crippen LogP contribution in [0.4, 0.5) is 5.82 Å². The molecule has 0 aliphatic carbocycles. The lowest BCUT2D eigenvalue weighted by Crippen LogP contribution is -2.39. The molecule has 2 atom stereocenters. The first-order valence-corrected chi connectivity index (χ1v) is 8.60. The van der Waals surface area contributed by atoms with E-state index in [1.165, 1.54) is 0 Å². The highest BCUT2D eigenvalue weighted by molar-refractivity contribution is 5.88. The van der Waals surface area contributed by atoms with Gasteiger partial charge in [0.1, 0.15) is 11.6 Å². The van der Waals surface area contributed by atoms with Crippen molar-refractivity contribution in [2.45, 2.75) is 57.5 Å². The number of rotatable bonds is 1. The summed E-state index contributed by atoms with van der Waals surface area (Å²) in [6.07, 6.45) is 4.50. The second-order valence-electron chi connectivity index (χ2n) is 7.93. The van der Waals surface area contributed by atoms with E-state index in [9.17, 15) is 4.79 Å². The van der Waals surface area contributed by atoms with Crippen molar-refractivity contribution in [3.05, 3.63) is 12.0 Å². The first-order valence-electron chi connectivity index (χ1n) is 8.60. The van der Waals surface area contributed by atoms with Gasteiger partial charge in [-0.2, -0.15) is 5.10 Å². The minimum atomic E-state index is -0.147. The summed E-state index contributed by atoms with van der Waals surface area (Å²) < 4.78 is 1.80. The molecular formula is C17H24N6O. The van der Waals surface area contributed by atoms with Gasteiger partial charge in [-0.25, -0.2) is 9.97 Å². The molecule has 0 spiro atoms. The highest BCUT2D eigenvalue weighted by Gasteiger charge is 2.39. The van der Waals surface area contributed by atoms with Crippen molar-refractivity contribution in [1.29, 1.82) is 0 Å². The number of nitrogens with one attached hydrogen (secondary N) is 1. The third-order valence-electron chi connectivity index (χ3n) is 5.06. The van der Waals surface area contributed by atoms with Gasteiger partial charge in [0.2, 0.25) is 5.91 Å². The fraction of sp³-hybridized carbons (Fsp3) is 0.647. The molecule has 2 aliphatic heterocycles. The number of amides is 1. The molecule has 2 saturated heterocycles. The third kappa shape index (κ3) is 2.34. The van der Waals surface area contributed by atoms with Gasteiger partial charge < -0.3 is 10.2 Å². The van der Waals surface area contributed by atoms with E-state index < -0.39 is 0 Å². The van der Waals surface area contributed by atoms with Gasteiger partial charge in [-0.3, -0.25) is 9.48 Å². The topological polar surface area (TPSA) is 75.9 Å². The molecule has 2 aromatic rings. The lowest BCUT2D eigenvalue weighted by Gasteiger charge is -2.30. The zero-order valence-corrected chi connectivity index (χ0v) is 14.7. The van der Waals surface area contributed by atoms with Crippen molar-refractivity contribution in [2.24, 2.45) is 7.05 Å². The van der Waals surface area contributed by atoms with Crippen molar-refractivity contribution >= 4 is 22.8 Å². The molecule has 7 heteroatoms. The molecule has 0 saturated carbocycles. The average molecular weight is 328 g/mol. The molecule has 7 nitrogen and oxygen atoms in total. The fourth-order valence-electron chi connectivity index (χ4n) is 3.77. The van der Waals surface area contributed by atoms with Crippen molar-refractivity contribution in [3.8, 4) is 0 Å². The summed E-state index contributed by atoms with van der Waals surface area (Å²) in [6.45, 7) is 7.05. The maximum atomic E-state index is 12.0. The summed E-state index contributed by atoms with van der Waals surface area (Å²) in [7, 11) is 1.91. The van der Waals surface area contributed by atoms with Gasteiger partial charge in [-0.05, 0) is 12.8 Å². The monoisotopic (exact) mass is 328 g/mol. The van der Waals surface area contributed by atoms with Crippen LogP contribution in [0.15, 0.2) is 6.20 Å². The summed E-state index contributed by atoms with van der Waals surface area (Å²) in [5.74, 6) is 1.89. The van der Waals surface area contributed by atoms with Gasteiger partial charge in [0.05, 0.1) is 11.6 Å². The molecule has 2 aromatic heterocycles. The Morgan fingerprint density at radius 1 is 1.21 bits per heavy atom. The molecule has 2 bridgehead atoms. The predicted octanol–water partition coefficient (Wildman–Crippen LogP) is 1.52. The summed E-state index contributed by atoms with van der Waals surface area (Å²) in [5, 5.41) is 8.39. The van der Waals surface area contributed by atoms with E-state index in [0.29, 0.717) is 19.0 Å². The molecule has 0 unspecified atom stereocenters. The van der Waals surface area contributed by atoms with Gasteiger partial charge >= 0.3 is 0 Å². The Labute approximate surface area is 141 Å². The minimum absolute atomic E-state index is 0.139. The van der Waals surface area contributed by atoms with E-state index in [1.807, 2.05) is 13.2 Å². The number of hydrogen-bond acceptors (Lipinski definition) is 5. The molecule has 2 aliphatic rings. The van der Waals surface area contributed by atoms with Gasteiger partial charge in [-0.1, -0.05) is 20.8 Å². The van der Waals surface area contributed by atoms with Crippen molar-refractivity contribution in [1.82, 2.24) is 25.1 Å². The van der Waals surface area contributed by atoms with Gasteiger partial charge in [-0.15, -0.1) is 0 Å². The zero-order chi connectivity index (χ0) is 17.1. The molecule has 24 heavy (non-hydrogen) atoms. The Balaban J connectivity index is 1.91. The van der Waals surface area contributed by atoms with Crippen LogP contribution in [0, 0.1) is 0 Å². The Bertz CT molecular complexity index is 805. The van der Waals surface area contributed by atoms with Crippen molar-refractivity contribution < 1.29 is 4.79 Å². The second kappa shape index (κ2) is 5.16. The van der Waals surface area contributed by atoms with Crippen LogP contribution in [0.2, 0.25) is 0 Å². The number of aromatic nitrogens is 4. The number of carbonyl (C=O) groups is 1. The minimum Gasteiger partial charge on any atom is -0.354 e. The summed E-state index contributed by atoms with van der Waals surface area (Å²) in [4.78, 5) is 24.0. The summed E-state index contributed by atoms with van der Waals surface area (Å²) in [5.41, 5.74) is 0.708. The largest absolute Gasteiger partial charge is 0.354 e. The maximum Gasteiger partial charge on any atom is 0.222 e. The lowest BCUT2D eigenvalue weighted by atomic mass is 9.95. The molecule has 4 rings (SSSR count). The molecular weight excluding hydrogens is 304 g/mol. The van der Waals surface area contributed by atoms with E-state index in [4.69, 9.17) is 9.97 Å². The van der Waals surface area contributed by atoms with Crippen LogP contribution < -0.4 is 10.2 Å². The van der Waals surface area contributed by atoms with Gasteiger partial charge in [0, 0.05) is 37.5 Å². The molecule has 128 valence electrons. The van der Waals surface area contributed by atoms with E-state index >= 15 is 0 Å². The van der Waals surface area contributed by atoms with Crippen molar-refractivity contribution in [3.63, 3.8) is 0 Å². The Kier molecular flexibility index (Phi) is 3.30. The normalized spacial score (nSPS) is 24.3. The van der Waals surface area contributed by atoms with Crippen LogP contribution in [-0.4, -0.2) is 44.3 Å². The molecule has 0 aromatic carbocycles. The first-order chi connectivity index (χ1) is 11.3. The van der Waals surface area contributed by atoms with E-state index in [0.717, 1.165) is 35.5 Å². The maximum absolute atomic E-state index is 12.0. The fourth-order valence-corrected chi connectivity index (χ4v) is 3.77. The van der Waals surface area contributed by atoms with Crippen LogP contribution >= 0.6 is 0 Å². The van der Waals surface area contributed by atoms with Gasteiger partial charge in [0.25, 0.3) is 0 Å². The lowest BCUT2D eigenvalue weighted by molar-refractivity contribution is -0.121. The third-order valence-corrected chi connectivity index (χ3v) is 5.06. The Hall–Kier alpha value is -2.18. The zero-order valence-electron chi connectivity index (χ0n) is 14.7. The van der Waals surface area contributed by atoms with Crippen molar-refractivity contribution in [2.75, 3.05) is 11.4 Å². The number of fused-ring (bicyclic) bond motifs is 3. The molecule has 0 radical (unpaired) electrons. The smallest absolute Gasteiger partial charge is 0.222 e. The first kappa shape index (κ1) is 15.4. The van der Waals surface area contributed by atoms with Crippen LogP contribution in [0.5, 0.6) is 0 Å². The second-order valence-corrected chi connectivity index (χ2v) is 7.93. The number of hydrogen-bond donors (Lipinski definition) is 1. The SMILES string of the molecule is Cn1ncc2c(N3[C@@H]4CC[C@H]3CNC(=O)C4)nc(C(C)(C)C)nc21. The molecule has 2 fully saturated rings. The number of aryl methyl sites for hydroxylation is 1. The van der Waals surface area contributed by atoms with E-state index in [-0.39, 0.29) is 17.4 Å². The van der Waals surface area contributed by atoms with Crippen LogP contribution in [0.3, 0.4) is 0 Å². The predicted molar refractivity (Wildman–Crippen MR) is 91.9 cm³/mol. The number of anilines is 1. The Morgan fingerprint density at radius 3 is 2.71 bits per heavy atom. The van der Waals surface area contributed by atoms with E-state index in [1.54, 1.807) is 4.68 Å². The molecule has 1 amide bonds. The summed E-state index contributed by atoms with van der Waals surface area (Å²) in [6, 6.07) is 0.510. The standard InChI is InChI=1S/C17H24N6O/c1-17(2,3)16-20-14-12(9-19-22(14)4)15(21-16)23-10-5-6-11(23)8-18-13(24)7-10/h9-11H,5-8H2,1-4H3,(H,18,24)/t10-,11+/m1/s1. The molecule has 4 heterocycles. The average Bonchev–Trinajstić information content (AvgIpc) is 3.02. The quantitative estimate of drug-likeness (QED) is 0.859. The Morgan fingerprint density at radius 2 is 1.96 bits per heavy atom. The highest BCUT2D eigenvalue weighted by Crippen LogP contribution is 2.37. The highest BCUT2D eigenvalue weighted by atomic mass is 16.1. The van der Waals surface area contributed by atoms with Gasteiger partial charge in [0.15, 0.2) is 5.65 Å². The van der Waals surface area contributed by atoms with Crippen LogP contribution in [0.1, 0.15) is 45.9 Å². The van der Waals surface area contributed by atoms with Crippen LogP contribution in [0.25, 0.3) is 11.0 Å². The van der Waals surface area contributed by atoms with Crippen LogP contribution in [-0.2, 0) is 17.3 Å². The number of nitrogens with zero attached hydrogens (tertiary/aromatic N) is 5. The van der Waals surface area contributed by atoms with E-state index in [2.05, 4.69) is 36.1 Å².